The van der Waals surface area contributed by atoms with Gasteiger partial charge in [0.25, 0.3) is 5.92 Å². The third kappa shape index (κ3) is 3.82. The molecule has 0 saturated heterocycles. The molecule has 34 heavy (non-hydrogen) atoms. The van der Waals surface area contributed by atoms with Crippen LogP contribution in [0.5, 0.6) is 5.88 Å². The SMILES string of the molecule is CC(F)(F)c1nn2cc(-c3cc4c(OCc5csc(-c6ccccc6)n5)nccc4o3)nc2s1. The van der Waals surface area contributed by atoms with Crippen LogP contribution >= 0.6 is 22.7 Å². The molecule has 0 saturated carbocycles. The lowest BCUT2D eigenvalue weighted by Gasteiger charge is -2.03. The zero-order valence-electron chi connectivity index (χ0n) is 17.6. The van der Waals surface area contributed by atoms with Crippen LogP contribution in [0.3, 0.4) is 0 Å². The van der Waals surface area contributed by atoms with E-state index in [9.17, 15) is 8.78 Å². The van der Waals surface area contributed by atoms with Crippen molar-refractivity contribution in [3.8, 4) is 27.9 Å². The molecule has 0 radical (unpaired) electrons. The number of alkyl halides is 2. The average Bonchev–Trinajstić information content (AvgIpc) is 3.59. The van der Waals surface area contributed by atoms with E-state index in [-0.39, 0.29) is 11.6 Å². The third-order valence-electron chi connectivity index (χ3n) is 5.01. The molecule has 11 heteroatoms. The van der Waals surface area contributed by atoms with Crippen LogP contribution in [-0.4, -0.2) is 24.6 Å². The second-order valence-corrected chi connectivity index (χ2v) is 9.40. The number of pyridine rings is 1. The molecule has 0 atom stereocenters. The van der Waals surface area contributed by atoms with Gasteiger partial charge >= 0.3 is 0 Å². The number of furan rings is 1. The van der Waals surface area contributed by atoms with Crippen LogP contribution in [0.2, 0.25) is 0 Å². The first-order valence-electron chi connectivity index (χ1n) is 10.2. The van der Waals surface area contributed by atoms with Gasteiger partial charge in [0.1, 0.15) is 22.9 Å². The summed E-state index contributed by atoms with van der Waals surface area (Å²) >= 11 is 2.40. The van der Waals surface area contributed by atoms with Crippen molar-refractivity contribution in [3.63, 3.8) is 0 Å². The molecule has 0 spiro atoms. The zero-order valence-corrected chi connectivity index (χ0v) is 19.2. The lowest BCUT2D eigenvalue weighted by atomic mass is 10.2. The van der Waals surface area contributed by atoms with Crippen LogP contribution in [0, 0.1) is 0 Å². The molecule has 0 bridgehead atoms. The van der Waals surface area contributed by atoms with E-state index >= 15 is 0 Å². The maximum Gasteiger partial charge on any atom is 0.298 e. The van der Waals surface area contributed by atoms with Crippen molar-refractivity contribution in [2.24, 2.45) is 0 Å². The fourth-order valence-electron chi connectivity index (χ4n) is 3.40. The van der Waals surface area contributed by atoms with E-state index in [0.717, 1.165) is 34.5 Å². The average molecular weight is 496 g/mol. The maximum atomic E-state index is 13.5. The van der Waals surface area contributed by atoms with Gasteiger partial charge in [-0.25, -0.2) is 19.5 Å². The predicted molar refractivity (Wildman–Crippen MR) is 125 cm³/mol. The molecular weight excluding hydrogens is 480 g/mol. The van der Waals surface area contributed by atoms with Crippen molar-refractivity contribution in [1.29, 1.82) is 0 Å². The summed E-state index contributed by atoms with van der Waals surface area (Å²) in [6.45, 7) is 1.07. The predicted octanol–water partition coefficient (Wildman–Crippen LogP) is 6.41. The second kappa shape index (κ2) is 7.96. The summed E-state index contributed by atoms with van der Waals surface area (Å²) in [4.78, 5) is 13.7. The number of imidazole rings is 1. The van der Waals surface area contributed by atoms with Crippen molar-refractivity contribution in [3.05, 3.63) is 70.9 Å². The summed E-state index contributed by atoms with van der Waals surface area (Å²) in [5, 5.41) is 7.20. The first-order valence-corrected chi connectivity index (χ1v) is 11.9. The third-order valence-corrected chi connectivity index (χ3v) is 7.04. The molecule has 6 aromatic rings. The fourth-order valence-corrected chi connectivity index (χ4v) is 5.03. The van der Waals surface area contributed by atoms with E-state index in [2.05, 4.69) is 20.1 Å². The van der Waals surface area contributed by atoms with Crippen molar-refractivity contribution >= 4 is 38.6 Å². The Labute approximate surface area is 199 Å². The van der Waals surface area contributed by atoms with E-state index < -0.39 is 5.92 Å². The van der Waals surface area contributed by atoms with Gasteiger partial charge in [-0.05, 0) is 6.07 Å². The van der Waals surface area contributed by atoms with Crippen molar-refractivity contribution in [1.82, 2.24) is 24.6 Å². The molecule has 0 unspecified atom stereocenters. The maximum absolute atomic E-state index is 13.5. The molecule has 170 valence electrons. The number of halogens is 2. The molecular formula is C23H15F2N5O2S2. The van der Waals surface area contributed by atoms with Crippen LogP contribution < -0.4 is 4.74 Å². The zero-order chi connectivity index (χ0) is 23.3. The summed E-state index contributed by atoms with van der Waals surface area (Å²) in [6.07, 6.45) is 3.16. The Morgan fingerprint density at radius 3 is 2.79 bits per heavy atom. The van der Waals surface area contributed by atoms with Crippen LogP contribution in [0.15, 0.2) is 64.7 Å². The molecule has 0 fully saturated rings. The number of benzene rings is 1. The summed E-state index contributed by atoms with van der Waals surface area (Å²) < 4.78 is 40.3. The van der Waals surface area contributed by atoms with Crippen LogP contribution in [-0.2, 0) is 12.5 Å². The molecule has 0 aliphatic rings. The summed E-state index contributed by atoms with van der Waals surface area (Å²) in [5.41, 5.74) is 2.92. The normalized spacial score (nSPS) is 12.1. The fraction of sp³-hybridized carbons (Fsp3) is 0.130. The number of ether oxygens (including phenoxy) is 1. The van der Waals surface area contributed by atoms with Gasteiger partial charge in [0.05, 0.1) is 17.3 Å². The first kappa shape index (κ1) is 20.9. The first-order chi connectivity index (χ1) is 16.4. The van der Waals surface area contributed by atoms with E-state index in [1.165, 1.54) is 4.52 Å². The number of nitrogens with zero attached hydrogens (tertiary/aromatic N) is 5. The van der Waals surface area contributed by atoms with E-state index in [4.69, 9.17) is 9.15 Å². The van der Waals surface area contributed by atoms with Gasteiger partial charge in [0.2, 0.25) is 10.8 Å². The van der Waals surface area contributed by atoms with Gasteiger partial charge in [0.15, 0.2) is 10.8 Å². The largest absolute Gasteiger partial charge is 0.471 e. The Morgan fingerprint density at radius 2 is 2.00 bits per heavy atom. The smallest absolute Gasteiger partial charge is 0.298 e. The van der Waals surface area contributed by atoms with Crippen LogP contribution in [0.25, 0.3) is 38.0 Å². The molecule has 0 aliphatic carbocycles. The van der Waals surface area contributed by atoms with Gasteiger partial charge in [-0.3, -0.25) is 0 Å². The number of thiazole rings is 1. The van der Waals surface area contributed by atoms with Crippen LogP contribution in [0.1, 0.15) is 17.6 Å². The Bertz CT molecular complexity index is 1580. The molecule has 0 aliphatic heterocycles. The highest BCUT2D eigenvalue weighted by Crippen LogP contribution is 2.35. The molecule has 1 aromatic carbocycles. The monoisotopic (exact) mass is 495 g/mol. The Hall–Kier alpha value is -3.70. The summed E-state index contributed by atoms with van der Waals surface area (Å²) in [5.74, 6) is -2.13. The topological polar surface area (TPSA) is 78.3 Å². The van der Waals surface area contributed by atoms with E-state index in [1.807, 2.05) is 35.7 Å². The highest BCUT2D eigenvalue weighted by Gasteiger charge is 2.30. The van der Waals surface area contributed by atoms with E-state index in [1.54, 1.807) is 35.9 Å². The van der Waals surface area contributed by atoms with Crippen molar-refractivity contribution in [2.45, 2.75) is 19.5 Å². The number of hydrogen-bond acceptors (Lipinski definition) is 8. The van der Waals surface area contributed by atoms with Gasteiger partial charge in [-0.15, -0.1) is 11.3 Å². The second-order valence-electron chi connectivity index (χ2n) is 7.59. The highest BCUT2D eigenvalue weighted by molar-refractivity contribution is 7.16. The number of hydrogen-bond donors (Lipinski definition) is 0. The minimum atomic E-state index is -3.01. The Kier molecular flexibility index (Phi) is 4.89. The molecule has 7 nitrogen and oxygen atoms in total. The quantitative estimate of drug-likeness (QED) is 0.266. The Balaban J connectivity index is 1.25. The number of fused-ring (bicyclic) bond motifs is 2. The van der Waals surface area contributed by atoms with Gasteiger partial charge in [0, 0.05) is 30.1 Å². The molecule has 6 rings (SSSR count). The molecule has 0 amide bonds. The lowest BCUT2D eigenvalue weighted by Crippen LogP contribution is -2.06. The lowest BCUT2D eigenvalue weighted by molar-refractivity contribution is 0.0163. The van der Waals surface area contributed by atoms with Gasteiger partial charge in [-0.1, -0.05) is 41.7 Å². The molecule has 5 aromatic heterocycles. The van der Waals surface area contributed by atoms with Gasteiger partial charge < -0.3 is 9.15 Å². The van der Waals surface area contributed by atoms with E-state index in [0.29, 0.717) is 33.3 Å². The minimum absolute atomic E-state index is 0.258. The standard InChI is InChI=1S/C23H15F2N5O2S2/c1-23(24,25)21-29-30-10-16(28-22(30)34-21)18-9-15-17(32-18)7-8-26-19(15)31-11-14-12-33-20(27-14)13-5-3-2-4-6-13/h2-10,12H,11H2,1H3. The number of rotatable bonds is 6. The van der Waals surface area contributed by atoms with Crippen LogP contribution in [0.4, 0.5) is 8.78 Å². The minimum Gasteiger partial charge on any atom is -0.471 e. The van der Waals surface area contributed by atoms with Gasteiger partial charge in [-0.2, -0.15) is 13.9 Å². The molecule has 0 N–H and O–H groups in total. The number of aromatic nitrogens is 5. The van der Waals surface area contributed by atoms with Crippen molar-refractivity contribution < 1.29 is 17.9 Å². The summed E-state index contributed by atoms with van der Waals surface area (Å²) in [6, 6.07) is 13.5. The molecule has 5 heterocycles. The summed E-state index contributed by atoms with van der Waals surface area (Å²) in [7, 11) is 0. The Morgan fingerprint density at radius 1 is 1.15 bits per heavy atom. The van der Waals surface area contributed by atoms with Crippen molar-refractivity contribution in [2.75, 3.05) is 0 Å². The highest BCUT2D eigenvalue weighted by atomic mass is 32.1.